The predicted molar refractivity (Wildman–Crippen MR) is 55.9 cm³/mol. The van der Waals surface area contributed by atoms with Crippen LogP contribution in [0.1, 0.15) is 18.1 Å². The highest BCUT2D eigenvalue weighted by Crippen LogP contribution is 2.13. The zero-order valence-corrected chi connectivity index (χ0v) is 8.49. The van der Waals surface area contributed by atoms with Crippen molar-refractivity contribution in [1.82, 2.24) is 0 Å². The topological polar surface area (TPSA) is 76.1 Å². The minimum Gasteiger partial charge on any atom is -0.466 e. The fourth-order valence-electron chi connectivity index (χ4n) is 1.19. The number of nitriles is 1. The van der Waals surface area contributed by atoms with Gasteiger partial charge < -0.3 is 10.5 Å². The Morgan fingerprint density at radius 2 is 2.33 bits per heavy atom. The maximum atomic E-state index is 11.2. The van der Waals surface area contributed by atoms with Gasteiger partial charge in [-0.2, -0.15) is 5.26 Å². The number of esters is 1. The van der Waals surface area contributed by atoms with E-state index in [0.717, 1.165) is 5.56 Å². The van der Waals surface area contributed by atoms with Crippen molar-refractivity contribution in [2.45, 2.75) is 13.3 Å². The minimum atomic E-state index is -0.300. The molecule has 0 bridgehead atoms. The Balaban J connectivity index is 2.80. The van der Waals surface area contributed by atoms with Gasteiger partial charge in [0.1, 0.15) is 6.07 Å². The normalized spacial score (nSPS) is 9.33. The van der Waals surface area contributed by atoms with E-state index in [9.17, 15) is 4.79 Å². The van der Waals surface area contributed by atoms with Gasteiger partial charge >= 0.3 is 5.97 Å². The highest BCUT2D eigenvalue weighted by atomic mass is 16.5. The molecule has 0 saturated heterocycles. The van der Waals surface area contributed by atoms with Crippen molar-refractivity contribution in [3.05, 3.63) is 29.3 Å². The van der Waals surface area contributed by atoms with E-state index >= 15 is 0 Å². The lowest BCUT2D eigenvalue weighted by molar-refractivity contribution is -0.142. The second-order valence-corrected chi connectivity index (χ2v) is 3.02. The van der Waals surface area contributed by atoms with E-state index in [2.05, 4.69) is 0 Å². The molecule has 0 aliphatic rings. The van der Waals surface area contributed by atoms with Gasteiger partial charge in [0.05, 0.1) is 18.6 Å². The number of hydrogen-bond donors (Lipinski definition) is 1. The molecule has 0 unspecified atom stereocenters. The van der Waals surface area contributed by atoms with Gasteiger partial charge in [0, 0.05) is 5.69 Å². The summed E-state index contributed by atoms with van der Waals surface area (Å²) in [4.78, 5) is 11.2. The van der Waals surface area contributed by atoms with Crippen LogP contribution in [0.5, 0.6) is 0 Å². The Morgan fingerprint density at radius 1 is 1.60 bits per heavy atom. The summed E-state index contributed by atoms with van der Waals surface area (Å²) in [7, 11) is 0. The second-order valence-electron chi connectivity index (χ2n) is 3.02. The smallest absolute Gasteiger partial charge is 0.310 e. The van der Waals surface area contributed by atoms with Crippen molar-refractivity contribution in [3.63, 3.8) is 0 Å². The lowest BCUT2D eigenvalue weighted by atomic mass is 10.1. The molecule has 2 N–H and O–H groups in total. The van der Waals surface area contributed by atoms with Crippen LogP contribution in [0.4, 0.5) is 5.69 Å². The molecule has 0 amide bonds. The van der Waals surface area contributed by atoms with E-state index in [1.54, 1.807) is 25.1 Å². The molecule has 0 spiro atoms. The average molecular weight is 204 g/mol. The van der Waals surface area contributed by atoms with Crippen LogP contribution < -0.4 is 5.73 Å². The molecule has 1 aromatic carbocycles. The van der Waals surface area contributed by atoms with Crippen LogP contribution in [0, 0.1) is 11.3 Å². The number of nitrogens with two attached hydrogens (primary N) is 1. The first-order valence-electron chi connectivity index (χ1n) is 4.61. The van der Waals surface area contributed by atoms with Crippen molar-refractivity contribution in [1.29, 1.82) is 5.26 Å². The standard InChI is InChI=1S/C11H12N2O2/c1-2-15-11(14)6-8-3-4-10(13)9(5-8)7-12/h3-5H,2,6,13H2,1H3. The van der Waals surface area contributed by atoms with Crippen LogP contribution in [0.25, 0.3) is 0 Å². The van der Waals surface area contributed by atoms with Crippen LogP contribution in [0.15, 0.2) is 18.2 Å². The molecule has 0 atom stereocenters. The van der Waals surface area contributed by atoms with Crippen LogP contribution in [0.3, 0.4) is 0 Å². The number of nitrogen functional groups attached to an aromatic ring is 1. The van der Waals surface area contributed by atoms with Crippen molar-refractivity contribution in [2.24, 2.45) is 0 Å². The molecule has 0 heterocycles. The van der Waals surface area contributed by atoms with Crippen LogP contribution in [0.2, 0.25) is 0 Å². The molecular weight excluding hydrogens is 192 g/mol. The molecule has 78 valence electrons. The highest BCUT2D eigenvalue weighted by molar-refractivity contribution is 5.73. The maximum absolute atomic E-state index is 11.2. The van der Waals surface area contributed by atoms with Gasteiger partial charge in [-0.25, -0.2) is 0 Å². The van der Waals surface area contributed by atoms with Crippen molar-refractivity contribution < 1.29 is 9.53 Å². The van der Waals surface area contributed by atoms with E-state index in [0.29, 0.717) is 17.9 Å². The molecule has 0 aliphatic carbocycles. The van der Waals surface area contributed by atoms with Crippen molar-refractivity contribution in [2.75, 3.05) is 12.3 Å². The highest BCUT2D eigenvalue weighted by Gasteiger charge is 2.06. The Hall–Kier alpha value is -2.02. The number of carbonyl (C=O) groups is 1. The molecule has 4 heteroatoms. The number of benzene rings is 1. The lowest BCUT2D eigenvalue weighted by Gasteiger charge is -2.03. The molecule has 0 aliphatic heterocycles. The first kappa shape index (κ1) is 11.1. The Labute approximate surface area is 88.3 Å². The Bertz CT molecular complexity index is 408. The van der Waals surface area contributed by atoms with E-state index in [1.165, 1.54) is 0 Å². The lowest BCUT2D eigenvalue weighted by Crippen LogP contribution is -2.07. The number of ether oxygens (including phenoxy) is 1. The first-order chi connectivity index (χ1) is 7.17. The van der Waals surface area contributed by atoms with Gasteiger partial charge in [0.2, 0.25) is 0 Å². The number of anilines is 1. The van der Waals surface area contributed by atoms with Gasteiger partial charge in [-0.3, -0.25) is 4.79 Å². The summed E-state index contributed by atoms with van der Waals surface area (Å²) in [5.41, 5.74) is 7.09. The molecular formula is C11H12N2O2. The van der Waals surface area contributed by atoms with Gasteiger partial charge in [-0.15, -0.1) is 0 Å². The van der Waals surface area contributed by atoms with Gasteiger partial charge in [-0.05, 0) is 24.6 Å². The fraction of sp³-hybridized carbons (Fsp3) is 0.273. The largest absolute Gasteiger partial charge is 0.466 e. The number of carbonyl (C=O) groups excluding carboxylic acids is 1. The first-order valence-corrected chi connectivity index (χ1v) is 4.61. The van der Waals surface area contributed by atoms with E-state index in [1.807, 2.05) is 6.07 Å². The molecule has 0 saturated carbocycles. The maximum Gasteiger partial charge on any atom is 0.310 e. The zero-order valence-electron chi connectivity index (χ0n) is 8.49. The van der Waals surface area contributed by atoms with E-state index in [-0.39, 0.29) is 12.4 Å². The number of rotatable bonds is 3. The van der Waals surface area contributed by atoms with Gasteiger partial charge in [0.25, 0.3) is 0 Å². The van der Waals surface area contributed by atoms with E-state index < -0.39 is 0 Å². The molecule has 0 fully saturated rings. The third-order valence-corrected chi connectivity index (χ3v) is 1.89. The summed E-state index contributed by atoms with van der Waals surface area (Å²) in [6.07, 6.45) is 0.169. The third-order valence-electron chi connectivity index (χ3n) is 1.89. The van der Waals surface area contributed by atoms with Crippen LogP contribution >= 0.6 is 0 Å². The summed E-state index contributed by atoms with van der Waals surface area (Å²) in [6.45, 7) is 2.11. The van der Waals surface area contributed by atoms with Crippen molar-refractivity contribution in [3.8, 4) is 6.07 Å². The SMILES string of the molecule is CCOC(=O)Cc1ccc(N)c(C#N)c1. The third kappa shape index (κ3) is 2.99. The van der Waals surface area contributed by atoms with Gasteiger partial charge in [0.15, 0.2) is 0 Å². The zero-order chi connectivity index (χ0) is 11.3. The molecule has 1 aromatic rings. The number of hydrogen-bond acceptors (Lipinski definition) is 4. The second kappa shape index (κ2) is 5.01. The summed E-state index contributed by atoms with van der Waals surface area (Å²) in [5, 5.41) is 8.73. The summed E-state index contributed by atoms with van der Waals surface area (Å²) >= 11 is 0. The van der Waals surface area contributed by atoms with Crippen LogP contribution in [-0.2, 0) is 16.0 Å². The summed E-state index contributed by atoms with van der Waals surface area (Å²) in [6, 6.07) is 6.90. The van der Waals surface area contributed by atoms with E-state index in [4.69, 9.17) is 15.7 Å². The molecule has 0 aromatic heterocycles. The molecule has 1 rings (SSSR count). The summed E-state index contributed by atoms with van der Waals surface area (Å²) in [5.74, 6) is -0.300. The molecule has 0 radical (unpaired) electrons. The minimum absolute atomic E-state index is 0.169. The Morgan fingerprint density at radius 3 is 2.93 bits per heavy atom. The molecule has 15 heavy (non-hydrogen) atoms. The monoisotopic (exact) mass is 204 g/mol. The predicted octanol–water partition coefficient (Wildman–Crippen LogP) is 1.25. The fourth-order valence-corrected chi connectivity index (χ4v) is 1.19. The average Bonchev–Trinajstić information content (AvgIpc) is 2.21. The van der Waals surface area contributed by atoms with Crippen molar-refractivity contribution >= 4 is 11.7 Å². The summed E-state index contributed by atoms with van der Waals surface area (Å²) < 4.78 is 4.80. The Kier molecular flexibility index (Phi) is 3.69. The quantitative estimate of drug-likeness (QED) is 0.593. The van der Waals surface area contributed by atoms with Crippen LogP contribution in [-0.4, -0.2) is 12.6 Å². The molecule has 4 nitrogen and oxygen atoms in total. The van der Waals surface area contributed by atoms with Gasteiger partial charge in [-0.1, -0.05) is 6.07 Å². The number of nitrogens with zero attached hydrogens (tertiary/aromatic N) is 1.